The van der Waals surface area contributed by atoms with Gasteiger partial charge in [-0.1, -0.05) is 0 Å². The molecule has 0 fully saturated rings. The number of fused-ring (bicyclic) bond motifs is 1. The van der Waals surface area contributed by atoms with E-state index in [4.69, 9.17) is 10.3 Å². The fraction of sp³-hybridized carbons (Fsp3) is 0.222. The second-order valence-corrected chi connectivity index (χ2v) is 3.17. The summed E-state index contributed by atoms with van der Waals surface area (Å²) in [7, 11) is 1.67. The van der Waals surface area contributed by atoms with Crippen LogP contribution >= 0.6 is 0 Å². The first-order valence-electron chi connectivity index (χ1n) is 4.49. The van der Waals surface area contributed by atoms with Crippen molar-refractivity contribution < 1.29 is 4.42 Å². The van der Waals surface area contributed by atoms with Gasteiger partial charge in [0, 0.05) is 12.7 Å². The number of hydrogen-bond donors (Lipinski definition) is 3. The fourth-order valence-corrected chi connectivity index (χ4v) is 1.39. The van der Waals surface area contributed by atoms with E-state index in [2.05, 4.69) is 10.7 Å². The molecule has 15 heavy (non-hydrogen) atoms. The molecule has 6 nitrogen and oxygen atoms in total. The van der Waals surface area contributed by atoms with E-state index in [1.807, 2.05) is 12.1 Å². The third-order valence-corrected chi connectivity index (χ3v) is 2.19. The SMILES string of the molecule is Cn1c(=O)oc2ccc(NCNN)cc21. The second kappa shape index (κ2) is 3.76. The molecule has 2 aromatic rings. The number of aryl methyl sites for hydroxylation is 1. The van der Waals surface area contributed by atoms with E-state index in [1.165, 1.54) is 4.57 Å². The molecule has 1 heterocycles. The van der Waals surface area contributed by atoms with Crippen molar-refractivity contribution in [2.75, 3.05) is 12.0 Å². The lowest BCUT2D eigenvalue weighted by molar-refractivity contribution is 0.528. The molecule has 0 saturated heterocycles. The molecule has 2 rings (SSSR count). The Hall–Kier alpha value is -1.79. The van der Waals surface area contributed by atoms with E-state index < -0.39 is 0 Å². The van der Waals surface area contributed by atoms with Gasteiger partial charge in [0.25, 0.3) is 0 Å². The monoisotopic (exact) mass is 208 g/mol. The zero-order valence-corrected chi connectivity index (χ0v) is 8.28. The van der Waals surface area contributed by atoms with Gasteiger partial charge in [0.1, 0.15) is 0 Å². The Morgan fingerprint density at radius 3 is 3.07 bits per heavy atom. The van der Waals surface area contributed by atoms with Crippen LogP contribution in [0.1, 0.15) is 0 Å². The summed E-state index contributed by atoms with van der Waals surface area (Å²) < 4.78 is 6.45. The van der Waals surface area contributed by atoms with E-state index in [1.54, 1.807) is 13.1 Å². The Balaban J connectivity index is 2.45. The number of rotatable bonds is 3. The number of nitrogens with two attached hydrogens (primary N) is 1. The average Bonchev–Trinajstić information content (AvgIpc) is 2.52. The Bertz CT molecular complexity index is 528. The van der Waals surface area contributed by atoms with E-state index in [0.717, 1.165) is 11.2 Å². The van der Waals surface area contributed by atoms with Crippen molar-refractivity contribution in [3.63, 3.8) is 0 Å². The van der Waals surface area contributed by atoms with Gasteiger partial charge in [-0.15, -0.1) is 0 Å². The van der Waals surface area contributed by atoms with Gasteiger partial charge in [-0.2, -0.15) is 0 Å². The zero-order chi connectivity index (χ0) is 10.8. The van der Waals surface area contributed by atoms with E-state index in [0.29, 0.717) is 12.3 Å². The Kier molecular flexibility index (Phi) is 2.44. The number of oxazole rings is 1. The minimum atomic E-state index is -0.362. The van der Waals surface area contributed by atoms with Gasteiger partial charge in [-0.3, -0.25) is 10.4 Å². The molecule has 0 unspecified atom stereocenters. The molecule has 0 bridgehead atoms. The number of hydrazine groups is 1. The lowest BCUT2D eigenvalue weighted by atomic mass is 10.3. The fourth-order valence-electron chi connectivity index (χ4n) is 1.39. The van der Waals surface area contributed by atoms with Gasteiger partial charge in [0.15, 0.2) is 5.58 Å². The molecule has 0 aliphatic rings. The van der Waals surface area contributed by atoms with Crippen LogP contribution < -0.4 is 22.3 Å². The molecule has 1 aromatic carbocycles. The molecule has 0 radical (unpaired) electrons. The van der Waals surface area contributed by atoms with Crippen molar-refractivity contribution in [3.05, 3.63) is 28.7 Å². The minimum absolute atomic E-state index is 0.362. The molecule has 0 atom stereocenters. The Labute approximate surface area is 85.6 Å². The van der Waals surface area contributed by atoms with Crippen LogP contribution in [0.4, 0.5) is 5.69 Å². The standard InChI is InChI=1S/C9H12N4O2/c1-13-7-4-6(11-5-12-10)2-3-8(7)15-9(13)14/h2-4,11-12H,5,10H2,1H3. The average molecular weight is 208 g/mol. The first-order chi connectivity index (χ1) is 7.22. The largest absolute Gasteiger partial charge is 0.419 e. The van der Waals surface area contributed by atoms with Crippen LogP contribution in [0.5, 0.6) is 0 Å². The van der Waals surface area contributed by atoms with E-state index in [9.17, 15) is 4.79 Å². The van der Waals surface area contributed by atoms with Gasteiger partial charge in [-0.05, 0) is 18.2 Å². The van der Waals surface area contributed by atoms with Crippen molar-refractivity contribution in [1.82, 2.24) is 9.99 Å². The summed E-state index contributed by atoms with van der Waals surface area (Å²) in [4.78, 5) is 11.2. The molecule has 0 saturated carbocycles. The first-order valence-corrected chi connectivity index (χ1v) is 4.49. The number of hydrogen-bond acceptors (Lipinski definition) is 5. The molecule has 4 N–H and O–H groups in total. The molecule has 0 spiro atoms. The first kappa shape index (κ1) is 9.75. The van der Waals surface area contributed by atoms with Gasteiger partial charge in [0.2, 0.25) is 0 Å². The van der Waals surface area contributed by atoms with Gasteiger partial charge >= 0.3 is 5.76 Å². The van der Waals surface area contributed by atoms with Crippen molar-refractivity contribution in [3.8, 4) is 0 Å². The van der Waals surface area contributed by atoms with Crippen molar-refractivity contribution in [2.24, 2.45) is 12.9 Å². The molecular formula is C9H12N4O2. The highest BCUT2D eigenvalue weighted by Crippen LogP contribution is 2.17. The minimum Gasteiger partial charge on any atom is -0.408 e. The highest BCUT2D eigenvalue weighted by molar-refractivity contribution is 5.77. The van der Waals surface area contributed by atoms with Crippen LogP contribution in [-0.4, -0.2) is 11.2 Å². The number of nitrogens with one attached hydrogen (secondary N) is 2. The van der Waals surface area contributed by atoms with Crippen LogP contribution in [0.15, 0.2) is 27.4 Å². The molecule has 1 aromatic heterocycles. The third kappa shape index (κ3) is 1.72. The van der Waals surface area contributed by atoms with Crippen molar-refractivity contribution in [1.29, 1.82) is 0 Å². The number of aromatic nitrogens is 1. The summed E-state index contributed by atoms with van der Waals surface area (Å²) in [6, 6.07) is 5.40. The molecule has 0 aliphatic carbocycles. The lowest BCUT2D eigenvalue weighted by Crippen LogP contribution is -2.28. The molecule has 6 heteroatoms. The summed E-state index contributed by atoms with van der Waals surface area (Å²) in [5, 5.41) is 3.03. The van der Waals surface area contributed by atoms with Crippen LogP contribution in [-0.2, 0) is 7.05 Å². The van der Waals surface area contributed by atoms with Crippen molar-refractivity contribution in [2.45, 2.75) is 0 Å². The quantitative estimate of drug-likeness (QED) is 0.374. The van der Waals surface area contributed by atoms with Crippen LogP contribution in [0.3, 0.4) is 0 Å². The van der Waals surface area contributed by atoms with Gasteiger partial charge in [-0.25, -0.2) is 10.2 Å². The van der Waals surface area contributed by atoms with Gasteiger partial charge < -0.3 is 9.73 Å². The third-order valence-electron chi connectivity index (χ3n) is 2.19. The predicted octanol–water partition coefficient (Wildman–Crippen LogP) is -0.0358. The van der Waals surface area contributed by atoms with Crippen molar-refractivity contribution >= 4 is 16.8 Å². The summed E-state index contributed by atoms with van der Waals surface area (Å²) in [6.07, 6.45) is 0. The molecular weight excluding hydrogens is 196 g/mol. The summed E-state index contributed by atoms with van der Waals surface area (Å²) in [6.45, 7) is 0.456. The second-order valence-electron chi connectivity index (χ2n) is 3.17. The number of anilines is 1. The van der Waals surface area contributed by atoms with Crippen LogP contribution in [0.25, 0.3) is 11.1 Å². The summed E-state index contributed by atoms with van der Waals surface area (Å²) in [5.74, 6) is 4.77. The summed E-state index contributed by atoms with van der Waals surface area (Å²) in [5.41, 5.74) is 4.68. The topological polar surface area (TPSA) is 85.2 Å². The lowest BCUT2D eigenvalue weighted by Gasteiger charge is -2.04. The maximum Gasteiger partial charge on any atom is 0.419 e. The normalized spacial score (nSPS) is 10.8. The molecule has 0 aliphatic heterocycles. The highest BCUT2D eigenvalue weighted by Gasteiger charge is 2.05. The number of nitrogens with zero attached hydrogens (tertiary/aromatic N) is 1. The Morgan fingerprint density at radius 2 is 2.33 bits per heavy atom. The van der Waals surface area contributed by atoms with E-state index in [-0.39, 0.29) is 5.76 Å². The molecule has 0 amide bonds. The highest BCUT2D eigenvalue weighted by atomic mass is 16.4. The zero-order valence-electron chi connectivity index (χ0n) is 8.28. The number of benzene rings is 1. The summed E-state index contributed by atoms with van der Waals surface area (Å²) >= 11 is 0. The predicted molar refractivity (Wildman–Crippen MR) is 57.3 cm³/mol. The van der Waals surface area contributed by atoms with Gasteiger partial charge in [0.05, 0.1) is 12.2 Å². The van der Waals surface area contributed by atoms with Crippen LogP contribution in [0.2, 0.25) is 0 Å². The maximum absolute atomic E-state index is 11.2. The smallest absolute Gasteiger partial charge is 0.408 e. The van der Waals surface area contributed by atoms with E-state index >= 15 is 0 Å². The van der Waals surface area contributed by atoms with Crippen LogP contribution in [0, 0.1) is 0 Å². The molecule has 80 valence electrons. The maximum atomic E-state index is 11.2. The Morgan fingerprint density at radius 1 is 1.53 bits per heavy atom.